The third-order valence-corrected chi connectivity index (χ3v) is 2.03. The van der Waals surface area contributed by atoms with Gasteiger partial charge in [0.25, 0.3) is 0 Å². The van der Waals surface area contributed by atoms with Crippen molar-refractivity contribution in [2.75, 3.05) is 0 Å². The molecule has 0 aromatic carbocycles. The fraction of sp³-hybridized carbons (Fsp3) is 0. The molecule has 0 saturated heterocycles. The molecule has 0 bridgehead atoms. The highest BCUT2D eigenvalue weighted by Crippen LogP contribution is 2.22. The first-order valence-electron chi connectivity index (χ1n) is 3.12. The predicted molar refractivity (Wildman–Crippen MR) is 52.4 cm³/mol. The van der Waals surface area contributed by atoms with Crippen molar-refractivity contribution in [3.05, 3.63) is 24.5 Å². The van der Waals surface area contributed by atoms with Crippen molar-refractivity contribution in [2.24, 2.45) is 0 Å². The molecule has 6 heteroatoms. The van der Waals surface area contributed by atoms with E-state index in [-0.39, 0.29) is 9.90 Å². The number of nitrogens with one attached hydrogen (secondary N) is 2. The van der Waals surface area contributed by atoms with Gasteiger partial charge in [-0.3, -0.25) is 10.2 Å². The molecule has 12 heavy (non-hydrogen) atoms. The second-order valence-corrected chi connectivity index (χ2v) is 2.97. The lowest BCUT2D eigenvalue weighted by atomic mass is 10.7. The van der Waals surface area contributed by atoms with Crippen molar-refractivity contribution in [1.82, 2.24) is 20.4 Å². The van der Waals surface area contributed by atoms with Crippen molar-refractivity contribution in [3.63, 3.8) is 0 Å². The summed E-state index contributed by atoms with van der Waals surface area (Å²) >= 11 is 1.52. The summed E-state index contributed by atoms with van der Waals surface area (Å²) in [5.41, 5.74) is 0. The maximum Gasteiger partial charge on any atom is 0.124 e. The van der Waals surface area contributed by atoms with Crippen LogP contribution in [0.5, 0.6) is 0 Å². The topological polar surface area (TPSA) is 57.4 Å². The van der Waals surface area contributed by atoms with E-state index in [4.69, 9.17) is 0 Å². The van der Waals surface area contributed by atoms with Crippen LogP contribution in [0.2, 0.25) is 0 Å². The minimum atomic E-state index is 0. The molecule has 0 radical (unpaired) electrons. The minimum absolute atomic E-state index is 0. The molecule has 0 aliphatic heterocycles. The lowest BCUT2D eigenvalue weighted by Crippen LogP contribution is -1.73. The van der Waals surface area contributed by atoms with E-state index >= 15 is 0 Å². The second-order valence-electron chi connectivity index (χ2n) is 1.93. The fourth-order valence-electron chi connectivity index (χ4n) is 0.714. The van der Waals surface area contributed by atoms with E-state index in [1.807, 2.05) is 12.1 Å². The van der Waals surface area contributed by atoms with Crippen molar-refractivity contribution in [2.45, 2.75) is 10.1 Å². The molecule has 2 heterocycles. The van der Waals surface area contributed by atoms with Gasteiger partial charge in [0.05, 0.1) is 0 Å². The van der Waals surface area contributed by atoms with Gasteiger partial charge in [0.15, 0.2) is 0 Å². The minimum Gasteiger partial charge on any atom is -0.285 e. The molecule has 1 unspecified atom stereocenters. The fourth-order valence-corrected chi connectivity index (χ4v) is 1.40. The van der Waals surface area contributed by atoms with Gasteiger partial charge in [0, 0.05) is 12.4 Å². The molecule has 0 fully saturated rings. The van der Waals surface area contributed by atoms with E-state index in [0.29, 0.717) is 0 Å². The van der Waals surface area contributed by atoms with Crippen LogP contribution >= 0.6 is 21.7 Å². The molecule has 2 N–H and O–H groups in total. The van der Waals surface area contributed by atoms with Crippen molar-refractivity contribution in [1.29, 1.82) is 0 Å². The lowest BCUT2D eigenvalue weighted by molar-refractivity contribution is 0.980. The highest BCUT2D eigenvalue weighted by atomic mass is 32.2. The van der Waals surface area contributed by atoms with E-state index in [9.17, 15) is 0 Å². The van der Waals surface area contributed by atoms with Gasteiger partial charge in [-0.25, -0.2) is 0 Å². The Morgan fingerprint density at radius 1 is 1.00 bits per heavy atom. The Hall–Kier alpha value is -0.800. The van der Waals surface area contributed by atoms with Gasteiger partial charge >= 0.3 is 0 Å². The number of nitrogens with zero attached hydrogens (tertiary/aromatic N) is 2. The zero-order chi connectivity index (χ0) is 7.52. The van der Waals surface area contributed by atoms with Crippen LogP contribution in [0.1, 0.15) is 0 Å². The summed E-state index contributed by atoms with van der Waals surface area (Å²) in [5.74, 6) is 0. The molecule has 2 aromatic rings. The van der Waals surface area contributed by atoms with Crippen LogP contribution in [0.15, 0.2) is 34.6 Å². The number of aromatic amines is 2. The molecule has 2 aromatic heterocycles. The van der Waals surface area contributed by atoms with Crippen molar-refractivity contribution >= 4 is 21.7 Å². The van der Waals surface area contributed by atoms with Gasteiger partial charge in [-0.2, -0.15) is 20.1 Å². The van der Waals surface area contributed by atoms with Crippen molar-refractivity contribution in [3.8, 4) is 0 Å². The quantitative estimate of drug-likeness (QED) is 0.719. The van der Waals surface area contributed by atoms with E-state index in [2.05, 4.69) is 20.4 Å². The number of rotatable bonds is 2. The molecule has 1 atom stereocenters. The van der Waals surface area contributed by atoms with Crippen LogP contribution in [0.25, 0.3) is 0 Å². The van der Waals surface area contributed by atoms with Crippen LogP contribution < -0.4 is 0 Å². The Balaban J connectivity index is 0.000000720. The molecule has 4 nitrogen and oxygen atoms in total. The summed E-state index contributed by atoms with van der Waals surface area (Å²) < 4.78 is 0. The predicted octanol–water partition coefficient (Wildman–Crippen LogP) is 1.34. The van der Waals surface area contributed by atoms with Crippen molar-refractivity contribution < 1.29 is 0 Å². The van der Waals surface area contributed by atoms with E-state index < -0.39 is 0 Å². The molecule has 64 valence electrons. The Kier molecular flexibility index (Phi) is 3.31. The smallest absolute Gasteiger partial charge is 0.124 e. The standard InChI is InChI=1S/C6H6N4S.H3P/c1-3-7-9-5(1)11-6-2-4-8-10-6;/h1-4H,(H,7,9)(H,8,10);1H3. The first-order valence-corrected chi connectivity index (χ1v) is 3.94. The van der Waals surface area contributed by atoms with Crippen LogP contribution in [0.4, 0.5) is 0 Å². The zero-order valence-electron chi connectivity index (χ0n) is 6.32. The van der Waals surface area contributed by atoms with Gasteiger partial charge in [0.2, 0.25) is 0 Å². The summed E-state index contributed by atoms with van der Waals surface area (Å²) in [5, 5.41) is 15.3. The largest absolute Gasteiger partial charge is 0.285 e. The summed E-state index contributed by atoms with van der Waals surface area (Å²) in [6.45, 7) is 0. The Labute approximate surface area is 77.2 Å². The Bertz CT molecular complexity index is 272. The van der Waals surface area contributed by atoms with Gasteiger partial charge in [-0.15, -0.1) is 0 Å². The van der Waals surface area contributed by atoms with Gasteiger partial charge in [-0.05, 0) is 23.9 Å². The first-order chi connectivity index (χ1) is 5.45. The average Bonchev–Trinajstić information content (AvgIpc) is 2.60. The number of hydrogen-bond acceptors (Lipinski definition) is 3. The van der Waals surface area contributed by atoms with E-state index in [1.54, 1.807) is 12.4 Å². The monoisotopic (exact) mass is 200 g/mol. The molecule has 0 amide bonds. The number of aromatic nitrogens is 4. The summed E-state index contributed by atoms with van der Waals surface area (Å²) in [7, 11) is 0. The third-order valence-electron chi connectivity index (χ3n) is 1.16. The first kappa shape index (κ1) is 9.29. The number of hydrogen-bond donors (Lipinski definition) is 2. The summed E-state index contributed by atoms with van der Waals surface area (Å²) in [4.78, 5) is 0. The summed E-state index contributed by atoms with van der Waals surface area (Å²) in [6.07, 6.45) is 3.57. The van der Waals surface area contributed by atoms with E-state index in [0.717, 1.165) is 10.1 Å². The number of H-pyrrole nitrogens is 2. The van der Waals surface area contributed by atoms with Crippen LogP contribution in [-0.2, 0) is 0 Å². The summed E-state index contributed by atoms with van der Waals surface area (Å²) in [6, 6.07) is 3.80. The third kappa shape index (κ3) is 2.09. The van der Waals surface area contributed by atoms with Crippen LogP contribution in [0.3, 0.4) is 0 Å². The maximum absolute atomic E-state index is 3.98. The molecule has 0 aliphatic rings. The van der Waals surface area contributed by atoms with Gasteiger partial charge in [-0.1, -0.05) is 0 Å². The van der Waals surface area contributed by atoms with Gasteiger partial charge < -0.3 is 0 Å². The van der Waals surface area contributed by atoms with Crippen LogP contribution in [-0.4, -0.2) is 20.4 Å². The second kappa shape index (κ2) is 4.28. The highest BCUT2D eigenvalue weighted by Gasteiger charge is 1.98. The highest BCUT2D eigenvalue weighted by molar-refractivity contribution is 7.99. The Morgan fingerprint density at radius 2 is 1.50 bits per heavy atom. The maximum atomic E-state index is 3.98. The van der Waals surface area contributed by atoms with Gasteiger partial charge in [0.1, 0.15) is 10.1 Å². The lowest BCUT2D eigenvalue weighted by Gasteiger charge is -1.86. The zero-order valence-corrected chi connectivity index (χ0v) is 8.55. The molecular formula is C6H9N4PS. The molecule has 0 saturated carbocycles. The normalized spacial score (nSPS) is 9.33. The molecule has 0 spiro atoms. The van der Waals surface area contributed by atoms with E-state index in [1.165, 1.54) is 11.8 Å². The molecule has 0 aliphatic carbocycles. The Morgan fingerprint density at radius 3 is 1.83 bits per heavy atom. The molecule has 2 rings (SSSR count). The van der Waals surface area contributed by atoms with Crippen LogP contribution in [0, 0.1) is 0 Å². The SMILES string of the molecule is P.c1cc(Sc2cc[nH]n2)n[nH]1. The average molecular weight is 200 g/mol. The molecular weight excluding hydrogens is 191 g/mol.